The van der Waals surface area contributed by atoms with Crippen LogP contribution in [0.15, 0.2) is 30.3 Å². The van der Waals surface area contributed by atoms with Gasteiger partial charge in [-0.3, -0.25) is 4.79 Å². The van der Waals surface area contributed by atoms with E-state index in [1.807, 2.05) is 51.1 Å². The Bertz CT molecular complexity index is 886. The van der Waals surface area contributed by atoms with E-state index < -0.39 is 31.7 Å². The molecule has 0 spiro atoms. The van der Waals surface area contributed by atoms with E-state index in [2.05, 4.69) is 45.7 Å². The van der Waals surface area contributed by atoms with E-state index >= 15 is 0 Å². The van der Waals surface area contributed by atoms with Crippen LogP contribution in [0.3, 0.4) is 0 Å². The standard InChI is InChI=1S/C27H43NO4Si/c1-24(2,3)31-23(30)28-21(19-13-11-10-12-14-19)17-22(29)27(32-33(7,8)9)18-20-15-16-26(27,6)25(20,4)5/h10-14,20-21H,15-18H2,1-9H3,(H,28,30)/t20-,21-,26-,27-/m1/s1. The number of ketones is 1. The second kappa shape index (κ2) is 8.53. The van der Waals surface area contributed by atoms with Gasteiger partial charge < -0.3 is 14.5 Å². The number of Topliss-reactive ketones (excluding diaryl/α,β-unsaturated/α-hetero) is 1. The number of hydrogen-bond acceptors (Lipinski definition) is 4. The molecule has 0 radical (unpaired) electrons. The molecule has 2 aliphatic carbocycles. The van der Waals surface area contributed by atoms with Gasteiger partial charge in [-0.05, 0) is 76.6 Å². The molecule has 1 amide bonds. The van der Waals surface area contributed by atoms with Crippen molar-refractivity contribution in [2.45, 2.75) is 104 Å². The zero-order valence-corrected chi connectivity index (χ0v) is 23.0. The molecule has 2 bridgehead atoms. The predicted molar refractivity (Wildman–Crippen MR) is 135 cm³/mol. The monoisotopic (exact) mass is 473 g/mol. The third kappa shape index (κ3) is 4.92. The van der Waals surface area contributed by atoms with E-state index in [1.165, 1.54) is 0 Å². The van der Waals surface area contributed by atoms with Crippen molar-refractivity contribution >= 4 is 20.2 Å². The van der Waals surface area contributed by atoms with Gasteiger partial charge in [0.2, 0.25) is 0 Å². The Labute approximate surface area is 201 Å². The SMILES string of the molecule is CC(C)(C)OC(=O)N[C@H](CC(=O)[C@]1(O[Si](C)(C)C)C[C@H]2CC[C@]1(C)C2(C)C)c1ccccc1. The Morgan fingerprint density at radius 2 is 1.73 bits per heavy atom. The number of carbonyl (C=O) groups is 2. The maximum atomic E-state index is 14.3. The molecule has 0 aliphatic heterocycles. The first-order valence-corrected chi connectivity index (χ1v) is 15.7. The molecule has 0 unspecified atom stereocenters. The summed E-state index contributed by atoms with van der Waals surface area (Å²) in [5.41, 5.74) is -0.725. The molecule has 1 N–H and O–H groups in total. The summed E-state index contributed by atoms with van der Waals surface area (Å²) < 4.78 is 12.4. The first-order chi connectivity index (χ1) is 15.0. The zero-order chi connectivity index (χ0) is 24.9. The van der Waals surface area contributed by atoms with E-state index in [9.17, 15) is 9.59 Å². The van der Waals surface area contributed by atoms with Gasteiger partial charge in [-0.15, -0.1) is 0 Å². The van der Waals surface area contributed by atoms with E-state index in [0.717, 1.165) is 24.8 Å². The normalized spacial score (nSPS) is 29.5. The molecule has 0 saturated heterocycles. The quantitative estimate of drug-likeness (QED) is 0.450. The van der Waals surface area contributed by atoms with E-state index in [-0.39, 0.29) is 23.0 Å². The molecule has 2 saturated carbocycles. The van der Waals surface area contributed by atoms with Crippen LogP contribution >= 0.6 is 0 Å². The molecule has 0 aromatic heterocycles. The van der Waals surface area contributed by atoms with Crippen molar-refractivity contribution in [3.63, 3.8) is 0 Å². The van der Waals surface area contributed by atoms with Crippen LogP contribution in [0.25, 0.3) is 0 Å². The molecule has 1 aromatic rings. The van der Waals surface area contributed by atoms with Gasteiger partial charge in [0.15, 0.2) is 14.1 Å². The van der Waals surface area contributed by atoms with Gasteiger partial charge in [0, 0.05) is 11.8 Å². The lowest BCUT2D eigenvalue weighted by molar-refractivity contribution is -0.152. The van der Waals surface area contributed by atoms with Crippen LogP contribution in [0.4, 0.5) is 4.79 Å². The zero-order valence-electron chi connectivity index (χ0n) is 22.0. The van der Waals surface area contributed by atoms with Gasteiger partial charge >= 0.3 is 6.09 Å². The molecule has 0 heterocycles. The highest BCUT2D eigenvalue weighted by Crippen LogP contribution is 2.71. The minimum absolute atomic E-state index is 0.0309. The molecule has 1 aromatic carbocycles. The average Bonchev–Trinajstić information content (AvgIpc) is 2.98. The summed E-state index contributed by atoms with van der Waals surface area (Å²) in [6.07, 6.45) is 2.59. The Balaban J connectivity index is 1.95. The number of benzene rings is 1. The lowest BCUT2D eigenvalue weighted by Gasteiger charge is -2.50. The fraction of sp³-hybridized carbons (Fsp3) is 0.704. The average molecular weight is 474 g/mol. The summed E-state index contributed by atoms with van der Waals surface area (Å²) >= 11 is 0. The molecule has 33 heavy (non-hydrogen) atoms. The first-order valence-electron chi connectivity index (χ1n) is 12.3. The van der Waals surface area contributed by atoms with Crippen molar-refractivity contribution in [3.8, 4) is 0 Å². The molecular weight excluding hydrogens is 430 g/mol. The van der Waals surface area contributed by atoms with Gasteiger partial charge in [-0.1, -0.05) is 51.1 Å². The Hall–Kier alpha value is -1.66. The number of ether oxygens (including phenoxy) is 1. The van der Waals surface area contributed by atoms with Crippen LogP contribution in [-0.2, 0) is 14.0 Å². The van der Waals surface area contributed by atoms with Gasteiger partial charge in [0.25, 0.3) is 0 Å². The Kier molecular flexibility index (Phi) is 6.71. The van der Waals surface area contributed by atoms with Gasteiger partial charge in [-0.2, -0.15) is 0 Å². The summed E-state index contributed by atoms with van der Waals surface area (Å²) in [5, 5.41) is 2.98. The van der Waals surface area contributed by atoms with Crippen molar-refractivity contribution in [1.29, 1.82) is 0 Å². The minimum Gasteiger partial charge on any atom is -0.444 e. The van der Waals surface area contributed by atoms with Gasteiger partial charge in [0.05, 0.1) is 6.04 Å². The highest BCUT2D eigenvalue weighted by Gasteiger charge is 2.72. The lowest BCUT2D eigenvalue weighted by Crippen LogP contribution is -2.59. The topological polar surface area (TPSA) is 64.6 Å². The first kappa shape index (κ1) is 26.0. The minimum atomic E-state index is -2.03. The number of rotatable bonds is 7. The lowest BCUT2D eigenvalue weighted by atomic mass is 9.62. The summed E-state index contributed by atoms with van der Waals surface area (Å²) in [6.45, 7) is 18.9. The maximum Gasteiger partial charge on any atom is 0.408 e. The van der Waals surface area contributed by atoms with Crippen LogP contribution in [0, 0.1) is 16.7 Å². The molecule has 4 atom stereocenters. The number of carbonyl (C=O) groups excluding carboxylic acids is 2. The third-order valence-electron chi connectivity index (χ3n) is 8.07. The smallest absolute Gasteiger partial charge is 0.408 e. The largest absolute Gasteiger partial charge is 0.444 e. The number of alkyl carbamates (subject to hydrolysis) is 1. The summed E-state index contributed by atoms with van der Waals surface area (Å²) in [7, 11) is -2.03. The molecule has 5 nitrogen and oxygen atoms in total. The highest BCUT2D eigenvalue weighted by molar-refractivity contribution is 6.70. The molecule has 2 aliphatic rings. The number of fused-ring (bicyclic) bond motifs is 2. The second-order valence-electron chi connectivity index (χ2n) is 12.8. The van der Waals surface area contributed by atoms with Crippen LogP contribution in [0.2, 0.25) is 19.6 Å². The van der Waals surface area contributed by atoms with Gasteiger partial charge in [-0.25, -0.2) is 4.79 Å². The van der Waals surface area contributed by atoms with Crippen LogP contribution in [0.1, 0.15) is 78.8 Å². The van der Waals surface area contributed by atoms with Crippen molar-refractivity contribution < 1.29 is 18.8 Å². The van der Waals surface area contributed by atoms with Crippen molar-refractivity contribution in [2.75, 3.05) is 0 Å². The molecular formula is C27H43NO4Si. The number of nitrogens with one attached hydrogen (secondary N) is 1. The molecule has 184 valence electrons. The van der Waals surface area contributed by atoms with E-state index in [0.29, 0.717) is 5.92 Å². The fourth-order valence-electron chi connectivity index (χ4n) is 6.14. The van der Waals surface area contributed by atoms with Crippen LogP contribution in [-0.4, -0.2) is 31.4 Å². The predicted octanol–water partition coefficient (Wildman–Crippen LogP) is 6.65. The van der Waals surface area contributed by atoms with Gasteiger partial charge in [0.1, 0.15) is 11.2 Å². The second-order valence-corrected chi connectivity index (χ2v) is 17.2. The van der Waals surface area contributed by atoms with Crippen molar-refractivity contribution in [1.82, 2.24) is 5.32 Å². The number of hydrogen-bond donors (Lipinski definition) is 1. The summed E-state index contributed by atoms with van der Waals surface area (Å²) in [5.74, 6) is 0.574. The molecule has 2 fully saturated rings. The summed E-state index contributed by atoms with van der Waals surface area (Å²) in [6, 6.07) is 9.23. The molecule has 3 rings (SSSR count). The molecule has 6 heteroatoms. The summed E-state index contributed by atoms with van der Waals surface area (Å²) in [4.78, 5) is 27.0. The van der Waals surface area contributed by atoms with E-state index in [4.69, 9.17) is 9.16 Å². The van der Waals surface area contributed by atoms with Crippen LogP contribution < -0.4 is 5.32 Å². The van der Waals surface area contributed by atoms with Crippen molar-refractivity contribution in [2.24, 2.45) is 16.7 Å². The van der Waals surface area contributed by atoms with E-state index in [1.54, 1.807) is 0 Å². The Morgan fingerprint density at radius 1 is 1.12 bits per heavy atom. The highest BCUT2D eigenvalue weighted by atomic mass is 28.4. The third-order valence-corrected chi connectivity index (χ3v) is 9.03. The maximum absolute atomic E-state index is 14.3. The number of amides is 1. The Morgan fingerprint density at radius 3 is 2.18 bits per heavy atom. The van der Waals surface area contributed by atoms with Crippen molar-refractivity contribution in [3.05, 3.63) is 35.9 Å². The van der Waals surface area contributed by atoms with Crippen LogP contribution in [0.5, 0.6) is 0 Å². The fourth-order valence-corrected chi connectivity index (χ4v) is 7.61.